The molecule has 3 aliphatic rings. The lowest BCUT2D eigenvalue weighted by molar-refractivity contribution is -0.298. The first-order valence-corrected chi connectivity index (χ1v) is 19.4. The molecule has 9 atom stereocenters. The van der Waals surface area contributed by atoms with E-state index < -0.39 is 18.0 Å². The van der Waals surface area contributed by atoms with Crippen LogP contribution in [0.4, 0.5) is 0 Å². The molecule has 9 heteroatoms. The molecule has 0 radical (unpaired) electrons. The standard InChI is InChI=1S/C41H71N3O6/c1-12-43-25-29(3)23-41(8,47-11)37(50-39-36(45)35(42(9)10)21-31(5)49-39)30(4)24-40(6,7)27-48-26-34(43)22-32-16-18-44(19-17-32)38(46)33-15-13-14-28(2)20-33/h13-15,20,29-32,34-37,39,45H,12,16-19,21-27H2,1-11H3/t29-,30-,31-,34-,35+,36-,37-,39+,41-/m1/s1. The van der Waals surface area contributed by atoms with E-state index in [1.165, 1.54) is 0 Å². The van der Waals surface area contributed by atoms with Crippen molar-refractivity contribution >= 4 is 5.91 Å². The number of aryl methyl sites for hydroxylation is 1. The summed E-state index contributed by atoms with van der Waals surface area (Å²) in [6.07, 6.45) is 3.78. The van der Waals surface area contributed by atoms with Gasteiger partial charge in [-0.05, 0) is 115 Å². The fraction of sp³-hybridized carbons (Fsp3) is 0.829. The van der Waals surface area contributed by atoms with Crippen molar-refractivity contribution in [2.75, 3.05) is 60.6 Å². The summed E-state index contributed by atoms with van der Waals surface area (Å²) in [7, 11) is 5.83. The van der Waals surface area contributed by atoms with Gasteiger partial charge in [-0.15, -0.1) is 0 Å². The minimum absolute atomic E-state index is 0.0191. The highest BCUT2D eigenvalue weighted by atomic mass is 16.7. The van der Waals surface area contributed by atoms with E-state index in [1.54, 1.807) is 0 Å². The normalized spacial score (nSPS) is 35.7. The second-order valence-electron chi connectivity index (χ2n) is 17.4. The van der Waals surface area contributed by atoms with E-state index in [1.807, 2.05) is 57.3 Å². The summed E-state index contributed by atoms with van der Waals surface area (Å²) >= 11 is 0. The Labute approximate surface area is 304 Å². The van der Waals surface area contributed by atoms with Gasteiger partial charge in [0.1, 0.15) is 6.10 Å². The number of likely N-dealkylation sites (N-methyl/N-ethyl adjacent to an activating group) is 2. The van der Waals surface area contributed by atoms with Crippen LogP contribution in [0, 0.1) is 30.1 Å². The molecule has 0 spiro atoms. The molecule has 9 nitrogen and oxygen atoms in total. The summed E-state index contributed by atoms with van der Waals surface area (Å²) < 4.78 is 26.3. The van der Waals surface area contributed by atoms with Crippen molar-refractivity contribution < 1.29 is 28.8 Å². The number of nitrogens with zero attached hydrogens (tertiary/aromatic N) is 3. The van der Waals surface area contributed by atoms with Gasteiger partial charge in [-0.2, -0.15) is 0 Å². The van der Waals surface area contributed by atoms with Gasteiger partial charge in [0.2, 0.25) is 0 Å². The summed E-state index contributed by atoms with van der Waals surface area (Å²) in [4.78, 5) is 20.0. The molecule has 1 N–H and O–H groups in total. The molecule has 1 aromatic carbocycles. The van der Waals surface area contributed by atoms with E-state index in [0.29, 0.717) is 31.1 Å². The number of ether oxygens (including phenoxy) is 4. The molecular formula is C41H71N3O6. The Morgan fingerprint density at radius 3 is 2.42 bits per heavy atom. The Kier molecular flexibility index (Phi) is 14.8. The number of methoxy groups -OCH3 is 1. The second-order valence-corrected chi connectivity index (χ2v) is 17.4. The zero-order valence-corrected chi connectivity index (χ0v) is 33.3. The molecule has 1 aromatic rings. The summed E-state index contributed by atoms with van der Waals surface area (Å²) in [5, 5.41) is 11.4. The lowest BCUT2D eigenvalue weighted by atomic mass is 9.75. The molecule has 4 rings (SSSR count). The number of hydrogen-bond acceptors (Lipinski definition) is 8. The Bertz CT molecular complexity index is 1200. The van der Waals surface area contributed by atoms with Crippen LogP contribution in [0.2, 0.25) is 0 Å². The van der Waals surface area contributed by atoms with Gasteiger partial charge in [0, 0.05) is 44.4 Å². The number of carbonyl (C=O) groups excluding carboxylic acids is 1. The molecule has 0 aromatic heterocycles. The Hall–Kier alpha value is -1.59. The van der Waals surface area contributed by atoms with Gasteiger partial charge in [0.25, 0.3) is 5.91 Å². The van der Waals surface area contributed by atoms with Gasteiger partial charge in [0.15, 0.2) is 6.29 Å². The van der Waals surface area contributed by atoms with E-state index in [0.717, 1.165) is 75.8 Å². The first kappa shape index (κ1) is 41.2. The van der Waals surface area contributed by atoms with Crippen LogP contribution in [-0.2, 0) is 18.9 Å². The van der Waals surface area contributed by atoms with Crippen molar-refractivity contribution in [1.82, 2.24) is 14.7 Å². The highest BCUT2D eigenvalue weighted by molar-refractivity contribution is 5.94. The van der Waals surface area contributed by atoms with Crippen molar-refractivity contribution in [2.45, 2.75) is 136 Å². The number of aliphatic hydroxyl groups excluding tert-OH is 1. The third kappa shape index (κ3) is 10.7. The van der Waals surface area contributed by atoms with Crippen molar-refractivity contribution in [3.63, 3.8) is 0 Å². The molecule has 3 fully saturated rings. The van der Waals surface area contributed by atoms with Crippen molar-refractivity contribution in [2.24, 2.45) is 23.2 Å². The number of benzene rings is 1. The molecule has 3 heterocycles. The lowest BCUT2D eigenvalue weighted by Gasteiger charge is -2.47. The fourth-order valence-electron chi connectivity index (χ4n) is 9.24. The number of rotatable bonds is 8. The molecule has 50 heavy (non-hydrogen) atoms. The van der Waals surface area contributed by atoms with Gasteiger partial charge in [-0.25, -0.2) is 0 Å². The van der Waals surface area contributed by atoms with E-state index in [9.17, 15) is 9.90 Å². The quantitative estimate of drug-likeness (QED) is 0.341. The number of aliphatic hydroxyl groups is 1. The Balaban J connectivity index is 1.49. The summed E-state index contributed by atoms with van der Waals surface area (Å²) in [6, 6.07) is 8.21. The van der Waals surface area contributed by atoms with Crippen LogP contribution < -0.4 is 0 Å². The van der Waals surface area contributed by atoms with Crippen LogP contribution in [0.3, 0.4) is 0 Å². The Morgan fingerprint density at radius 1 is 1.10 bits per heavy atom. The number of carbonyl (C=O) groups is 1. The predicted molar refractivity (Wildman–Crippen MR) is 200 cm³/mol. The van der Waals surface area contributed by atoms with E-state index >= 15 is 0 Å². The third-order valence-corrected chi connectivity index (χ3v) is 11.8. The van der Waals surface area contributed by atoms with Crippen LogP contribution in [0.15, 0.2) is 24.3 Å². The van der Waals surface area contributed by atoms with Gasteiger partial charge >= 0.3 is 0 Å². The largest absolute Gasteiger partial charge is 0.386 e. The minimum Gasteiger partial charge on any atom is -0.386 e. The van der Waals surface area contributed by atoms with Crippen LogP contribution in [-0.4, -0.2) is 129 Å². The van der Waals surface area contributed by atoms with Gasteiger partial charge < -0.3 is 33.9 Å². The maximum atomic E-state index is 13.3. The molecular weight excluding hydrogens is 630 g/mol. The number of hydrogen-bond donors (Lipinski definition) is 1. The van der Waals surface area contributed by atoms with Gasteiger partial charge in [-0.1, -0.05) is 52.3 Å². The SMILES string of the molecule is CCN1C[C@H](C)C[C@@](C)(OC)[C@H](O[C@@H]2O[C@H](C)C[C@H](N(C)C)[C@H]2O)[C@H](C)CC(C)(C)COC[C@H]1CC1CCN(C(=O)c2cccc(C)c2)CC1. The molecule has 1 amide bonds. The Morgan fingerprint density at radius 2 is 1.80 bits per heavy atom. The van der Waals surface area contributed by atoms with Crippen LogP contribution in [0.25, 0.3) is 0 Å². The zero-order chi connectivity index (χ0) is 36.8. The summed E-state index contributed by atoms with van der Waals surface area (Å²) in [5.41, 5.74) is 1.23. The fourth-order valence-corrected chi connectivity index (χ4v) is 9.24. The van der Waals surface area contributed by atoms with E-state index in [-0.39, 0.29) is 35.5 Å². The van der Waals surface area contributed by atoms with Crippen LogP contribution >= 0.6 is 0 Å². The van der Waals surface area contributed by atoms with Crippen molar-refractivity contribution in [1.29, 1.82) is 0 Å². The van der Waals surface area contributed by atoms with Crippen molar-refractivity contribution in [3.05, 3.63) is 35.4 Å². The first-order chi connectivity index (χ1) is 23.6. The zero-order valence-electron chi connectivity index (χ0n) is 33.3. The molecule has 3 aliphatic heterocycles. The highest BCUT2D eigenvalue weighted by Gasteiger charge is 2.47. The number of likely N-dealkylation sites (tertiary alicyclic amines) is 1. The summed E-state index contributed by atoms with van der Waals surface area (Å²) in [6.45, 7) is 22.6. The maximum absolute atomic E-state index is 13.3. The number of piperidine rings is 1. The average molecular weight is 702 g/mol. The van der Waals surface area contributed by atoms with Crippen molar-refractivity contribution in [3.8, 4) is 0 Å². The van der Waals surface area contributed by atoms with E-state index in [4.69, 9.17) is 18.9 Å². The molecule has 286 valence electrons. The monoisotopic (exact) mass is 702 g/mol. The predicted octanol–water partition coefficient (Wildman–Crippen LogP) is 6.25. The molecule has 0 aliphatic carbocycles. The average Bonchev–Trinajstić information content (AvgIpc) is 3.06. The molecule has 3 saturated heterocycles. The lowest BCUT2D eigenvalue weighted by Crippen LogP contribution is -2.58. The topological polar surface area (TPSA) is 83.9 Å². The third-order valence-electron chi connectivity index (χ3n) is 11.8. The van der Waals surface area contributed by atoms with E-state index in [2.05, 4.69) is 58.3 Å². The highest BCUT2D eigenvalue weighted by Crippen LogP contribution is 2.40. The first-order valence-electron chi connectivity index (χ1n) is 19.4. The molecule has 0 unspecified atom stereocenters. The molecule has 0 bridgehead atoms. The second kappa shape index (κ2) is 18.0. The maximum Gasteiger partial charge on any atom is 0.253 e. The summed E-state index contributed by atoms with van der Waals surface area (Å²) in [5.74, 6) is 1.16. The van der Waals surface area contributed by atoms with Gasteiger partial charge in [0.05, 0.1) is 31.0 Å². The smallest absolute Gasteiger partial charge is 0.253 e. The van der Waals surface area contributed by atoms with Crippen LogP contribution in [0.1, 0.15) is 103 Å². The minimum atomic E-state index is -0.753. The molecule has 0 saturated carbocycles. The number of amides is 1. The van der Waals surface area contributed by atoms with Crippen LogP contribution in [0.5, 0.6) is 0 Å². The van der Waals surface area contributed by atoms with Gasteiger partial charge in [-0.3, -0.25) is 9.69 Å².